The second kappa shape index (κ2) is 8.43. The number of likely N-dealkylation sites (tertiary alicyclic amines) is 1. The number of fused-ring (bicyclic) bond motifs is 1. The predicted molar refractivity (Wildman–Crippen MR) is 130 cm³/mol. The van der Waals surface area contributed by atoms with Crippen molar-refractivity contribution in [2.75, 3.05) is 26.2 Å². The molecule has 1 spiro atoms. The van der Waals surface area contributed by atoms with Crippen LogP contribution in [-0.2, 0) is 16.1 Å². The van der Waals surface area contributed by atoms with Crippen LogP contribution >= 0.6 is 0 Å². The van der Waals surface area contributed by atoms with E-state index in [0.717, 1.165) is 54.4 Å². The number of morpholine rings is 1. The highest BCUT2D eigenvalue weighted by atomic mass is 19.1. The van der Waals surface area contributed by atoms with E-state index in [1.165, 1.54) is 0 Å². The van der Waals surface area contributed by atoms with Gasteiger partial charge >= 0.3 is 0 Å². The highest BCUT2D eigenvalue weighted by molar-refractivity contribution is 5.84. The molecular weight excluding hydrogens is 429 g/mol. The Labute approximate surface area is 199 Å². The molecule has 2 aromatic carbocycles. The Bertz CT molecular complexity index is 1240. The number of halogens is 1. The molecule has 1 aliphatic carbocycles. The lowest BCUT2D eigenvalue weighted by Gasteiger charge is -2.51. The molecule has 2 saturated heterocycles. The third-order valence-corrected chi connectivity index (χ3v) is 7.90. The summed E-state index contributed by atoms with van der Waals surface area (Å²) in [5, 5.41) is 1.08. The molecule has 2 aliphatic heterocycles. The lowest BCUT2D eigenvalue weighted by Crippen LogP contribution is -2.62. The van der Waals surface area contributed by atoms with Crippen LogP contribution in [-0.4, -0.2) is 58.6 Å². The number of ether oxygens (including phenoxy) is 1. The van der Waals surface area contributed by atoms with Gasteiger partial charge < -0.3 is 9.64 Å². The fourth-order valence-electron chi connectivity index (χ4n) is 5.60. The van der Waals surface area contributed by atoms with Gasteiger partial charge in [-0.3, -0.25) is 14.7 Å². The van der Waals surface area contributed by atoms with Crippen LogP contribution in [0.5, 0.6) is 0 Å². The van der Waals surface area contributed by atoms with Crippen LogP contribution in [0, 0.1) is 11.7 Å². The highest BCUT2D eigenvalue weighted by Crippen LogP contribution is 2.39. The van der Waals surface area contributed by atoms with Crippen molar-refractivity contribution in [3.05, 3.63) is 66.1 Å². The normalized spacial score (nSPS) is 25.9. The summed E-state index contributed by atoms with van der Waals surface area (Å²) in [5.41, 5.74) is 3.19. The van der Waals surface area contributed by atoms with Crippen molar-refractivity contribution in [1.29, 1.82) is 0 Å². The second-order valence-electron chi connectivity index (χ2n) is 10.2. The third-order valence-electron chi connectivity index (χ3n) is 7.90. The van der Waals surface area contributed by atoms with Crippen LogP contribution in [0.15, 0.2) is 54.7 Å². The van der Waals surface area contributed by atoms with Crippen LogP contribution in [0.1, 0.15) is 31.7 Å². The second-order valence-corrected chi connectivity index (χ2v) is 10.2. The van der Waals surface area contributed by atoms with E-state index in [2.05, 4.69) is 21.7 Å². The van der Waals surface area contributed by atoms with Gasteiger partial charge in [-0.25, -0.2) is 4.39 Å². The minimum atomic E-state index is -0.264. The largest absolute Gasteiger partial charge is 0.363 e. The molecule has 5 nitrogen and oxygen atoms in total. The SMILES string of the molecule is CC1CN(Cc2ccc(-c3ccc4cccnc4c3)cc2F)CCC12CN(C1CC1)C(=O)CO2. The number of carbonyl (C=O) groups is 1. The van der Waals surface area contributed by atoms with E-state index in [1.807, 2.05) is 42.5 Å². The van der Waals surface area contributed by atoms with Crippen molar-refractivity contribution in [2.24, 2.45) is 5.92 Å². The average Bonchev–Trinajstić information content (AvgIpc) is 3.69. The molecule has 3 aromatic rings. The van der Waals surface area contributed by atoms with Gasteiger partial charge in [-0.1, -0.05) is 37.3 Å². The first-order valence-corrected chi connectivity index (χ1v) is 12.3. The van der Waals surface area contributed by atoms with E-state index in [-0.39, 0.29) is 29.9 Å². The molecule has 6 rings (SSSR count). The predicted octanol–water partition coefficient (Wildman–Crippen LogP) is 4.64. The minimum absolute atomic E-state index is 0.132. The van der Waals surface area contributed by atoms with Crippen LogP contribution in [0.4, 0.5) is 4.39 Å². The van der Waals surface area contributed by atoms with Gasteiger partial charge in [0, 0.05) is 42.8 Å². The van der Waals surface area contributed by atoms with Gasteiger partial charge in [0.1, 0.15) is 12.4 Å². The summed E-state index contributed by atoms with van der Waals surface area (Å²) in [6, 6.07) is 16.0. The number of aromatic nitrogens is 1. The monoisotopic (exact) mass is 459 g/mol. The summed E-state index contributed by atoms with van der Waals surface area (Å²) < 4.78 is 21.3. The van der Waals surface area contributed by atoms with Crippen molar-refractivity contribution in [3.63, 3.8) is 0 Å². The van der Waals surface area contributed by atoms with E-state index in [4.69, 9.17) is 4.74 Å². The Kier molecular flexibility index (Phi) is 5.38. The molecule has 1 aromatic heterocycles. The zero-order chi connectivity index (χ0) is 23.3. The van der Waals surface area contributed by atoms with Crippen molar-refractivity contribution in [2.45, 2.75) is 44.4 Å². The molecular formula is C28H30FN3O2. The molecule has 3 heterocycles. The Morgan fingerprint density at radius 2 is 1.97 bits per heavy atom. The summed E-state index contributed by atoms with van der Waals surface area (Å²) in [4.78, 5) is 21.1. The van der Waals surface area contributed by atoms with Gasteiger partial charge in [0.25, 0.3) is 0 Å². The molecule has 0 bridgehead atoms. The molecule has 3 aliphatic rings. The molecule has 2 unspecified atom stereocenters. The Morgan fingerprint density at radius 3 is 2.76 bits per heavy atom. The quantitative estimate of drug-likeness (QED) is 0.570. The van der Waals surface area contributed by atoms with Crippen molar-refractivity contribution < 1.29 is 13.9 Å². The number of rotatable bonds is 4. The third kappa shape index (κ3) is 3.99. The molecule has 176 valence electrons. The van der Waals surface area contributed by atoms with E-state index >= 15 is 4.39 Å². The zero-order valence-corrected chi connectivity index (χ0v) is 19.5. The fourth-order valence-corrected chi connectivity index (χ4v) is 5.60. The van der Waals surface area contributed by atoms with Gasteiger partial charge in [0.2, 0.25) is 5.91 Å². The molecule has 6 heteroatoms. The fraction of sp³-hybridized carbons (Fsp3) is 0.429. The van der Waals surface area contributed by atoms with E-state index in [9.17, 15) is 4.79 Å². The number of pyridine rings is 1. The van der Waals surface area contributed by atoms with Gasteiger partial charge in [-0.2, -0.15) is 0 Å². The van der Waals surface area contributed by atoms with Crippen LogP contribution in [0.25, 0.3) is 22.0 Å². The van der Waals surface area contributed by atoms with Crippen LogP contribution in [0.2, 0.25) is 0 Å². The zero-order valence-electron chi connectivity index (χ0n) is 19.5. The topological polar surface area (TPSA) is 45.7 Å². The van der Waals surface area contributed by atoms with Crippen molar-refractivity contribution in [1.82, 2.24) is 14.8 Å². The summed E-state index contributed by atoms with van der Waals surface area (Å²) in [6.07, 6.45) is 4.88. The Hall–Kier alpha value is -2.83. The Morgan fingerprint density at radius 1 is 1.15 bits per heavy atom. The molecule has 3 fully saturated rings. The number of benzene rings is 2. The standard InChI is InChI=1S/C28H30FN3O2/c1-19-15-31(12-10-28(19)18-32(24-8-9-24)27(33)17-34-28)16-23-7-6-21(13-25(23)29)22-5-4-20-3-2-11-30-26(20)14-22/h2-7,11,13-14,19,24H,8-10,12,15-18H2,1H3. The maximum Gasteiger partial charge on any atom is 0.248 e. The lowest BCUT2D eigenvalue weighted by atomic mass is 9.80. The molecule has 34 heavy (non-hydrogen) atoms. The van der Waals surface area contributed by atoms with Crippen molar-refractivity contribution in [3.8, 4) is 11.1 Å². The first-order chi connectivity index (χ1) is 16.5. The molecule has 0 radical (unpaired) electrons. The van der Waals surface area contributed by atoms with E-state index in [1.54, 1.807) is 12.3 Å². The van der Waals surface area contributed by atoms with E-state index < -0.39 is 0 Å². The van der Waals surface area contributed by atoms with Gasteiger partial charge in [0.15, 0.2) is 0 Å². The van der Waals surface area contributed by atoms with Crippen LogP contribution < -0.4 is 0 Å². The molecule has 0 N–H and O–H groups in total. The Balaban J connectivity index is 1.14. The van der Waals surface area contributed by atoms with E-state index in [0.29, 0.717) is 24.7 Å². The summed E-state index contributed by atoms with van der Waals surface area (Å²) in [5.74, 6) is 0.237. The number of hydrogen-bond acceptors (Lipinski definition) is 4. The average molecular weight is 460 g/mol. The van der Waals surface area contributed by atoms with Crippen LogP contribution in [0.3, 0.4) is 0 Å². The van der Waals surface area contributed by atoms with Gasteiger partial charge in [-0.15, -0.1) is 0 Å². The number of carbonyl (C=O) groups excluding carboxylic acids is 1. The molecule has 1 amide bonds. The number of piperidine rings is 1. The van der Waals surface area contributed by atoms with Crippen molar-refractivity contribution >= 4 is 16.8 Å². The molecule has 1 saturated carbocycles. The summed E-state index contributed by atoms with van der Waals surface area (Å²) >= 11 is 0. The number of nitrogens with zero attached hydrogens (tertiary/aromatic N) is 3. The lowest BCUT2D eigenvalue weighted by molar-refractivity contribution is -0.184. The van der Waals surface area contributed by atoms with Gasteiger partial charge in [-0.05, 0) is 54.5 Å². The molecule has 2 atom stereocenters. The highest BCUT2D eigenvalue weighted by Gasteiger charge is 2.49. The summed E-state index contributed by atoms with van der Waals surface area (Å²) in [7, 11) is 0. The first kappa shape index (κ1) is 21.7. The number of amides is 1. The van der Waals surface area contributed by atoms with Gasteiger partial charge in [0.05, 0.1) is 17.7 Å². The smallest absolute Gasteiger partial charge is 0.248 e. The minimum Gasteiger partial charge on any atom is -0.363 e. The maximum atomic E-state index is 15.1. The summed E-state index contributed by atoms with van der Waals surface area (Å²) in [6.45, 7) is 5.37. The first-order valence-electron chi connectivity index (χ1n) is 12.3. The maximum absolute atomic E-state index is 15.1. The number of hydrogen-bond donors (Lipinski definition) is 0.